The number of halogens is 2. The summed E-state index contributed by atoms with van der Waals surface area (Å²) in [7, 11) is 0. The van der Waals surface area contributed by atoms with Gasteiger partial charge in [-0.15, -0.1) is 0 Å². The second-order valence-corrected chi connectivity index (χ2v) is 1.61. The molecular formula is C6H8F2O3. The van der Waals surface area contributed by atoms with Gasteiger partial charge in [0.1, 0.15) is 5.57 Å². The molecule has 1 N–H and O–H groups in total. The van der Waals surface area contributed by atoms with Crippen molar-refractivity contribution in [2.45, 2.75) is 13.3 Å². The number of ether oxygens (including phenoxy) is 1. The third-order valence-corrected chi connectivity index (χ3v) is 0.885. The van der Waals surface area contributed by atoms with Crippen LogP contribution in [0.4, 0.5) is 8.78 Å². The molecule has 5 heteroatoms. The van der Waals surface area contributed by atoms with Gasteiger partial charge in [0.2, 0.25) is 0 Å². The first-order valence-corrected chi connectivity index (χ1v) is 2.93. The Hall–Kier alpha value is -1.13. The van der Waals surface area contributed by atoms with Gasteiger partial charge >= 0.3 is 5.97 Å². The van der Waals surface area contributed by atoms with Crippen molar-refractivity contribution >= 4 is 5.97 Å². The fourth-order valence-electron chi connectivity index (χ4n) is 0.413. The topological polar surface area (TPSA) is 46.5 Å². The van der Waals surface area contributed by atoms with Gasteiger partial charge in [-0.1, -0.05) is 0 Å². The van der Waals surface area contributed by atoms with Gasteiger partial charge in [0.25, 0.3) is 6.43 Å². The molecule has 0 heterocycles. The second-order valence-electron chi connectivity index (χ2n) is 1.61. The zero-order chi connectivity index (χ0) is 8.85. The third-order valence-electron chi connectivity index (χ3n) is 0.885. The summed E-state index contributed by atoms with van der Waals surface area (Å²) in [6.07, 6.45) is -2.94. The van der Waals surface area contributed by atoms with Crippen molar-refractivity contribution in [3.8, 4) is 0 Å². The van der Waals surface area contributed by atoms with E-state index in [1.807, 2.05) is 0 Å². The molecule has 0 unspecified atom stereocenters. The maximum Gasteiger partial charge on any atom is 0.342 e. The van der Waals surface area contributed by atoms with E-state index in [-0.39, 0.29) is 12.9 Å². The highest BCUT2D eigenvalue weighted by Gasteiger charge is 2.20. The van der Waals surface area contributed by atoms with Crippen LogP contribution in [0, 0.1) is 0 Å². The van der Waals surface area contributed by atoms with Crippen LogP contribution >= 0.6 is 0 Å². The average Bonchev–Trinajstić information content (AvgIpc) is 1.88. The van der Waals surface area contributed by atoms with Crippen LogP contribution in [0.1, 0.15) is 6.92 Å². The molecule has 0 aliphatic carbocycles. The van der Waals surface area contributed by atoms with Gasteiger partial charge in [0.05, 0.1) is 12.9 Å². The van der Waals surface area contributed by atoms with E-state index in [2.05, 4.69) is 4.74 Å². The summed E-state index contributed by atoms with van der Waals surface area (Å²) in [4.78, 5) is 10.5. The van der Waals surface area contributed by atoms with Crippen LogP contribution in [0.2, 0.25) is 0 Å². The fraction of sp³-hybridized carbons (Fsp3) is 0.500. The molecule has 0 radical (unpaired) electrons. The van der Waals surface area contributed by atoms with Crippen LogP contribution in [0.15, 0.2) is 11.8 Å². The van der Waals surface area contributed by atoms with Crippen molar-refractivity contribution in [2.24, 2.45) is 0 Å². The van der Waals surface area contributed by atoms with Gasteiger partial charge < -0.3 is 9.84 Å². The van der Waals surface area contributed by atoms with E-state index in [1.165, 1.54) is 6.92 Å². The van der Waals surface area contributed by atoms with Gasteiger partial charge in [-0.05, 0) is 6.92 Å². The second kappa shape index (κ2) is 4.65. The zero-order valence-corrected chi connectivity index (χ0v) is 5.88. The number of aliphatic hydroxyl groups excluding tert-OH is 1. The summed E-state index contributed by atoms with van der Waals surface area (Å²) >= 11 is 0. The Morgan fingerprint density at radius 3 is 2.55 bits per heavy atom. The van der Waals surface area contributed by atoms with E-state index < -0.39 is 18.0 Å². The molecule has 0 amide bonds. The highest BCUT2D eigenvalue weighted by molar-refractivity contribution is 5.88. The van der Waals surface area contributed by atoms with Gasteiger partial charge in [-0.3, -0.25) is 0 Å². The average molecular weight is 166 g/mol. The predicted molar refractivity (Wildman–Crippen MR) is 33.3 cm³/mol. The van der Waals surface area contributed by atoms with Gasteiger partial charge in [-0.25, -0.2) is 13.6 Å². The Kier molecular flexibility index (Phi) is 4.17. The highest BCUT2D eigenvalue weighted by atomic mass is 19.3. The number of rotatable bonds is 3. The molecule has 3 nitrogen and oxygen atoms in total. The molecular weight excluding hydrogens is 158 g/mol. The van der Waals surface area contributed by atoms with E-state index in [4.69, 9.17) is 5.11 Å². The normalized spacial score (nSPS) is 11.8. The molecule has 64 valence electrons. The number of hydrogen-bond donors (Lipinski definition) is 1. The molecule has 0 aliphatic rings. The van der Waals surface area contributed by atoms with Gasteiger partial charge in [-0.2, -0.15) is 0 Å². The van der Waals surface area contributed by atoms with Crippen molar-refractivity contribution in [3.63, 3.8) is 0 Å². The summed E-state index contributed by atoms with van der Waals surface area (Å²) in [5.74, 6) is -1.19. The first kappa shape index (κ1) is 9.87. The van der Waals surface area contributed by atoms with E-state index in [9.17, 15) is 13.6 Å². The molecule has 0 aromatic carbocycles. The summed E-state index contributed by atoms with van der Waals surface area (Å²) in [5, 5.41) is 8.15. The number of carbonyl (C=O) groups is 1. The standard InChI is InChI=1S/C6H8F2O3/c1-2-11-6(10)4(3-9)5(7)8/h3,5,9H,2H2,1H3/b4-3+. The van der Waals surface area contributed by atoms with Crippen LogP contribution in [-0.4, -0.2) is 24.1 Å². The lowest BCUT2D eigenvalue weighted by molar-refractivity contribution is -0.140. The molecule has 0 saturated heterocycles. The number of alkyl halides is 2. The Balaban J connectivity index is 4.17. The zero-order valence-electron chi connectivity index (χ0n) is 5.88. The van der Waals surface area contributed by atoms with Crippen LogP contribution < -0.4 is 0 Å². The largest absolute Gasteiger partial charge is 0.515 e. The first-order chi connectivity index (χ1) is 5.13. The number of carbonyl (C=O) groups excluding carboxylic acids is 1. The van der Waals surface area contributed by atoms with Crippen molar-refractivity contribution in [1.82, 2.24) is 0 Å². The van der Waals surface area contributed by atoms with Crippen molar-refractivity contribution in [2.75, 3.05) is 6.61 Å². The van der Waals surface area contributed by atoms with Crippen molar-refractivity contribution < 1.29 is 23.4 Å². The van der Waals surface area contributed by atoms with Crippen LogP contribution in [0.3, 0.4) is 0 Å². The number of aliphatic hydroxyl groups is 1. The Morgan fingerprint density at radius 2 is 2.27 bits per heavy atom. The van der Waals surface area contributed by atoms with E-state index in [0.29, 0.717) is 0 Å². The maximum atomic E-state index is 11.7. The summed E-state index contributed by atoms with van der Waals surface area (Å²) in [6.45, 7) is 1.49. The molecule has 0 bridgehead atoms. The minimum Gasteiger partial charge on any atom is -0.515 e. The summed E-state index contributed by atoms with van der Waals surface area (Å²) in [5.41, 5.74) is -1.02. The third kappa shape index (κ3) is 2.97. The van der Waals surface area contributed by atoms with Gasteiger partial charge in [0, 0.05) is 0 Å². The first-order valence-electron chi connectivity index (χ1n) is 2.93. The maximum absolute atomic E-state index is 11.7. The monoisotopic (exact) mass is 166 g/mol. The molecule has 11 heavy (non-hydrogen) atoms. The van der Waals surface area contributed by atoms with Gasteiger partial charge in [0.15, 0.2) is 0 Å². The predicted octanol–water partition coefficient (Wildman–Crippen LogP) is 1.26. The molecule has 0 aromatic heterocycles. The Morgan fingerprint density at radius 1 is 1.73 bits per heavy atom. The van der Waals surface area contributed by atoms with Crippen molar-refractivity contribution in [3.05, 3.63) is 11.8 Å². The molecule has 0 aromatic rings. The van der Waals surface area contributed by atoms with Crippen molar-refractivity contribution in [1.29, 1.82) is 0 Å². The summed E-state index contributed by atoms with van der Waals surface area (Å²) in [6, 6.07) is 0. The number of esters is 1. The highest BCUT2D eigenvalue weighted by Crippen LogP contribution is 2.08. The smallest absolute Gasteiger partial charge is 0.342 e. The fourth-order valence-corrected chi connectivity index (χ4v) is 0.413. The lowest BCUT2D eigenvalue weighted by Gasteiger charge is -2.02. The summed E-state index contributed by atoms with van der Waals surface area (Å²) < 4.78 is 27.7. The molecule has 0 saturated carbocycles. The van der Waals surface area contributed by atoms with E-state index in [0.717, 1.165) is 0 Å². The SMILES string of the molecule is CCOC(=O)/C(=C/O)C(F)F. The van der Waals surface area contributed by atoms with E-state index in [1.54, 1.807) is 0 Å². The number of hydrogen-bond acceptors (Lipinski definition) is 3. The minimum atomic E-state index is -3.00. The molecule has 0 spiro atoms. The lowest BCUT2D eigenvalue weighted by atomic mass is 10.3. The van der Waals surface area contributed by atoms with Crippen LogP contribution in [-0.2, 0) is 9.53 Å². The van der Waals surface area contributed by atoms with Crippen LogP contribution in [0.5, 0.6) is 0 Å². The van der Waals surface area contributed by atoms with E-state index >= 15 is 0 Å². The molecule has 0 rings (SSSR count). The Bertz CT molecular complexity index is 165. The molecule has 0 fully saturated rings. The van der Waals surface area contributed by atoms with Crippen LogP contribution in [0.25, 0.3) is 0 Å². The molecule has 0 aliphatic heterocycles. The quantitative estimate of drug-likeness (QED) is 0.390. The lowest BCUT2D eigenvalue weighted by Crippen LogP contribution is -2.13. The molecule has 0 atom stereocenters. The Labute approximate surface area is 62.3 Å². The minimum absolute atomic E-state index is 0.00287.